The molecular formula is C28H30N4O4. The Bertz CT molecular complexity index is 1240. The maximum Gasteiger partial charge on any atom is 0.258 e. The molecule has 0 fully saturated rings. The lowest BCUT2D eigenvalue weighted by Gasteiger charge is -2.31. The number of carbonyl (C=O) groups is 3. The zero-order valence-electron chi connectivity index (χ0n) is 20.7. The van der Waals surface area contributed by atoms with Crippen molar-refractivity contribution in [2.75, 3.05) is 44.5 Å². The van der Waals surface area contributed by atoms with Crippen LogP contribution in [0.1, 0.15) is 38.7 Å². The van der Waals surface area contributed by atoms with E-state index in [9.17, 15) is 14.4 Å². The summed E-state index contributed by atoms with van der Waals surface area (Å²) in [6.45, 7) is 1.20. The van der Waals surface area contributed by atoms with Crippen LogP contribution in [0.3, 0.4) is 0 Å². The summed E-state index contributed by atoms with van der Waals surface area (Å²) in [6, 6.07) is 20.9. The second-order valence-corrected chi connectivity index (χ2v) is 8.64. The maximum atomic E-state index is 13.9. The fraction of sp³-hybridized carbons (Fsp3) is 0.250. The van der Waals surface area contributed by atoms with Crippen molar-refractivity contribution in [1.82, 2.24) is 10.2 Å². The smallest absolute Gasteiger partial charge is 0.258 e. The van der Waals surface area contributed by atoms with Crippen molar-refractivity contribution in [3.63, 3.8) is 0 Å². The standard InChI is InChI=1S/C28H30N4O4/c1-29-15-16-31(2)27(34)21-11-14-24-23(17-21)30-26(33)18-25(19-7-5-4-6-8-19)32(24)28(35)20-9-12-22(36-3)13-10-20/h4-14,17,25,29H,15-16,18H2,1-3H3,(H,30,33). The summed E-state index contributed by atoms with van der Waals surface area (Å²) in [4.78, 5) is 43.2. The number of ether oxygens (including phenoxy) is 1. The Balaban J connectivity index is 1.79. The van der Waals surface area contributed by atoms with Gasteiger partial charge in [0.05, 0.1) is 30.9 Å². The van der Waals surface area contributed by atoms with E-state index in [0.717, 1.165) is 5.56 Å². The minimum absolute atomic E-state index is 0.0753. The molecule has 2 N–H and O–H groups in total. The van der Waals surface area contributed by atoms with Gasteiger partial charge in [0.25, 0.3) is 11.8 Å². The molecule has 8 nitrogen and oxygen atoms in total. The molecule has 4 rings (SSSR count). The van der Waals surface area contributed by atoms with Crippen LogP contribution in [0, 0.1) is 0 Å². The number of rotatable bonds is 7. The largest absolute Gasteiger partial charge is 0.497 e. The first kappa shape index (κ1) is 24.9. The van der Waals surface area contributed by atoms with Crippen LogP contribution in [-0.2, 0) is 4.79 Å². The first-order valence-electron chi connectivity index (χ1n) is 11.8. The molecule has 8 heteroatoms. The molecule has 1 heterocycles. The number of likely N-dealkylation sites (N-methyl/N-ethyl adjacent to an activating group) is 2. The summed E-state index contributed by atoms with van der Waals surface area (Å²) in [5, 5.41) is 5.95. The molecule has 3 amide bonds. The normalized spacial score (nSPS) is 14.9. The molecule has 0 radical (unpaired) electrons. The molecule has 1 aliphatic heterocycles. The van der Waals surface area contributed by atoms with Gasteiger partial charge in [-0.05, 0) is 55.1 Å². The number of hydrogen-bond donors (Lipinski definition) is 2. The highest BCUT2D eigenvalue weighted by atomic mass is 16.5. The zero-order valence-corrected chi connectivity index (χ0v) is 20.7. The van der Waals surface area contributed by atoms with Crippen molar-refractivity contribution in [3.05, 3.63) is 89.5 Å². The first-order valence-corrected chi connectivity index (χ1v) is 11.8. The molecule has 1 aliphatic rings. The molecule has 36 heavy (non-hydrogen) atoms. The van der Waals surface area contributed by atoms with E-state index in [1.54, 1.807) is 66.4 Å². The summed E-state index contributed by atoms with van der Waals surface area (Å²) >= 11 is 0. The van der Waals surface area contributed by atoms with Gasteiger partial charge >= 0.3 is 0 Å². The van der Waals surface area contributed by atoms with Gasteiger partial charge in [0.1, 0.15) is 5.75 Å². The van der Waals surface area contributed by atoms with Crippen LogP contribution in [0.25, 0.3) is 0 Å². The van der Waals surface area contributed by atoms with E-state index in [2.05, 4.69) is 10.6 Å². The number of benzene rings is 3. The zero-order chi connectivity index (χ0) is 25.7. The first-order chi connectivity index (χ1) is 17.4. The van der Waals surface area contributed by atoms with Crippen LogP contribution < -0.4 is 20.3 Å². The second-order valence-electron chi connectivity index (χ2n) is 8.64. The van der Waals surface area contributed by atoms with Crippen LogP contribution in [0.15, 0.2) is 72.8 Å². The molecular weight excluding hydrogens is 456 g/mol. The van der Waals surface area contributed by atoms with Gasteiger partial charge in [0, 0.05) is 31.3 Å². The van der Waals surface area contributed by atoms with Crippen molar-refractivity contribution >= 4 is 29.1 Å². The van der Waals surface area contributed by atoms with Crippen molar-refractivity contribution in [2.24, 2.45) is 0 Å². The van der Waals surface area contributed by atoms with Crippen LogP contribution >= 0.6 is 0 Å². The molecule has 1 atom stereocenters. The molecule has 0 bridgehead atoms. The van der Waals surface area contributed by atoms with E-state index in [-0.39, 0.29) is 24.1 Å². The quantitative estimate of drug-likeness (QED) is 0.531. The monoisotopic (exact) mass is 486 g/mol. The number of carbonyl (C=O) groups excluding carboxylic acids is 3. The molecule has 1 unspecified atom stereocenters. The molecule has 0 spiro atoms. The summed E-state index contributed by atoms with van der Waals surface area (Å²) in [6.07, 6.45) is 0.0753. The van der Waals surface area contributed by atoms with Crippen molar-refractivity contribution in [1.29, 1.82) is 0 Å². The maximum absolute atomic E-state index is 13.9. The molecule has 0 saturated heterocycles. The Morgan fingerprint density at radius 1 is 1.06 bits per heavy atom. The lowest BCUT2D eigenvalue weighted by atomic mass is 9.99. The van der Waals surface area contributed by atoms with E-state index >= 15 is 0 Å². The number of methoxy groups -OCH3 is 1. The van der Waals surface area contributed by atoms with Crippen molar-refractivity contribution < 1.29 is 19.1 Å². The lowest BCUT2D eigenvalue weighted by molar-refractivity contribution is -0.116. The molecule has 186 valence electrons. The Labute approximate surface area is 210 Å². The number of hydrogen-bond acceptors (Lipinski definition) is 5. The highest BCUT2D eigenvalue weighted by molar-refractivity contribution is 6.12. The molecule has 0 saturated carbocycles. The summed E-state index contributed by atoms with van der Waals surface area (Å²) in [5.74, 6) is -0.0123. The van der Waals surface area contributed by atoms with Gasteiger partial charge in [-0.1, -0.05) is 30.3 Å². The SMILES string of the molecule is CNCCN(C)C(=O)c1ccc2c(c1)NC(=O)CC(c1ccccc1)N2C(=O)c1ccc(OC)cc1. The predicted octanol–water partition coefficient (Wildman–Crippen LogP) is 3.72. The molecule has 3 aromatic carbocycles. The van der Waals surface area contributed by atoms with Gasteiger partial charge < -0.3 is 20.3 Å². The fourth-order valence-electron chi connectivity index (χ4n) is 4.28. The second kappa shape index (κ2) is 11.0. The van der Waals surface area contributed by atoms with Crippen molar-refractivity contribution in [3.8, 4) is 5.75 Å². The van der Waals surface area contributed by atoms with E-state index in [0.29, 0.717) is 41.3 Å². The summed E-state index contributed by atoms with van der Waals surface area (Å²) < 4.78 is 5.24. The predicted molar refractivity (Wildman–Crippen MR) is 140 cm³/mol. The van der Waals surface area contributed by atoms with Crippen molar-refractivity contribution in [2.45, 2.75) is 12.5 Å². The van der Waals surface area contributed by atoms with Gasteiger partial charge in [0.2, 0.25) is 5.91 Å². The van der Waals surface area contributed by atoms with E-state index in [1.165, 1.54) is 0 Å². The Morgan fingerprint density at radius 3 is 2.42 bits per heavy atom. The van der Waals surface area contributed by atoms with E-state index in [4.69, 9.17) is 4.74 Å². The van der Waals surface area contributed by atoms with Gasteiger partial charge in [-0.15, -0.1) is 0 Å². The average molecular weight is 487 g/mol. The third-order valence-corrected chi connectivity index (χ3v) is 6.25. The lowest BCUT2D eigenvalue weighted by Crippen LogP contribution is -2.35. The molecule has 0 aliphatic carbocycles. The Morgan fingerprint density at radius 2 is 1.75 bits per heavy atom. The van der Waals surface area contributed by atoms with Gasteiger partial charge in [0.15, 0.2) is 0 Å². The fourth-order valence-corrected chi connectivity index (χ4v) is 4.28. The van der Waals surface area contributed by atoms with Gasteiger partial charge in [-0.25, -0.2) is 0 Å². The average Bonchev–Trinajstić information content (AvgIpc) is 3.06. The van der Waals surface area contributed by atoms with Crippen LogP contribution in [0.5, 0.6) is 5.75 Å². The number of anilines is 2. The van der Waals surface area contributed by atoms with Crippen LogP contribution in [0.4, 0.5) is 11.4 Å². The van der Waals surface area contributed by atoms with Crippen LogP contribution in [-0.4, -0.2) is 56.9 Å². The number of fused-ring (bicyclic) bond motifs is 1. The highest BCUT2D eigenvalue weighted by Gasteiger charge is 2.34. The summed E-state index contributed by atoms with van der Waals surface area (Å²) in [7, 11) is 5.13. The summed E-state index contributed by atoms with van der Waals surface area (Å²) in [5.41, 5.74) is 2.69. The van der Waals surface area contributed by atoms with E-state index < -0.39 is 6.04 Å². The number of nitrogens with one attached hydrogen (secondary N) is 2. The number of amides is 3. The highest BCUT2D eigenvalue weighted by Crippen LogP contribution is 2.39. The third-order valence-electron chi connectivity index (χ3n) is 6.25. The van der Waals surface area contributed by atoms with E-state index in [1.807, 2.05) is 37.4 Å². The topological polar surface area (TPSA) is 91.0 Å². The Kier molecular flexibility index (Phi) is 7.65. The number of nitrogens with zero attached hydrogens (tertiary/aromatic N) is 2. The minimum atomic E-state index is -0.526. The molecule has 0 aromatic heterocycles. The van der Waals surface area contributed by atoms with Crippen LogP contribution in [0.2, 0.25) is 0 Å². The molecule has 3 aromatic rings. The third kappa shape index (κ3) is 5.23. The Hall–Kier alpha value is -4.17. The minimum Gasteiger partial charge on any atom is -0.497 e. The van der Waals surface area contributed by atoms with Gasteiger partial charge in [-0.2, -0.15) is 0 Å². The van der Waals surface area contributed by atoms with Gasteiger partial charge in [-0.3, -0.25) is 19.3 Å².